The lowest BCUT2D eigenvalue weighted by Crippen LogP contribution is -2.30. The number of rotatable bonds is 3. The number of benzene rings is 2. The second kappa shape index (κ2) is 5.65. The molecule has 0 unspecified atom stereocenters. The van der Waals surface area contributed by atoms with Crippen LogP contribution in [0.1, 0.15) is 10.4 Å². The van der Waals surface area contributed by atoms with Crippen molar-refractivity contribution in [3.05, 3.63) is 54.1 Å². The first-order chi connectivity index (χ1) is 10.1. The first-order valence-corrected chi connectivity index (χ1v) is 7.09. The van der Waals surface area contributed by atoms with Crippen molar-refractivity contribution in [3.63, 3.8) is 0 Å². The highest BCUT2D eigenvalue weighted by atomic mass is 32.1. The molecule has 0 spiro atoms. The lowest BCUT2D eigenvalue weighted by Gasteiger charge is -2.00. The number of nitrogens with zero attached hydrogens (tertiary/aromatic N) is 1. The van der Waals surface area contributed by atoms with E-state index in [0.717, 1.165) is 4.70 Å². The Morgan fingerprint density at radius 3 is 2.57 bits per heavy atom. The average Bonchev–Trinajstić information content (AvgIpc) is 2.89. The maximum Gasteiger partial charge on any atom is 0.490 e. The van der Waals surface area contributed by atoms with Crippen molar-refractivity contribution in [3.8, 4) is 0 Å². The Morgan fingerprint density at radius 1 is 1.10 bits per heavy atom. The van der Waals surface area contributed by atoms with Crippen molar-refractivity contribution in [2.24, 2.45) is 0 Å². The second-order valence-corrected chi connectivity index (χ2v) is 5.44. The van der Waals surface area contributed by atoms with Gasteiger partial charge in [-0.2, -0.15) is 0 Å². The van der Waals surface area contributed by atoms with E-state index in [4.69, 9.17) is 0 Å². The highest BCUT2D eigenvalue weighted by Gasteiger charge is 2.18. The van der Waals surface area contributed by atoms with Gasteiger partial charge in [0.1, 0.15) is 0 Å². The van der Waals surface area contributed by atoms with Crippen LogP contribution >= 0.6 is 11.3 Å². The van der Waals surface area contributed by atoms with Gasteiger partial charge in [0.25, 0.3) is 5.91 Å². The van der Waals surface area contributed by atoms with Gasteiger partial charge in [0.05, 0.1) is 10.2 Å². The summed E-state index contributed by atoms with van der Waals surface area (Å²) in [5.41, 5.74) is 1.35. The van der Waals surface area contributed by atoms with Gasteiger partial charge in [0.15, 0.2) is 5.13 Å². The molecule has 0 fully saturated rings. The van der Waals surface area contributed by atoms with E-state index >= 15 is 0 Å². The van der Waals surface area contributed by atoms with Crippen LogP contribution in [0.15, 0.2) is 48.5 Å². The van der Waals surface area contributed by atoms with Gasteiger partial charge in [-0.25, -0.2) is 4.98 Å². The van der Waals surface area contributed by atoms with E-state index in [2.05, 4.69) is 10.3 Å². The van der Waals surface area contributed by atoms with E-state index in [1.54, 1.807) is 36.4 Å². The molecule has 1 heterocycles. The smallest absolute Gasteiger partial charge is 0.423 e. The van der Waals surface area contributed by atoms with Crippen LogP contribution in [-0.2, 0) is 0 Å². The normalized spacial score (nSPS) is 10.6. The van der Waals surface area contributed by atoms with E-state index in [-0.39, 0.29) is 5.91 Å². The number of carbonyl (C=O) groups is 1. The number of nitrogens with one attached hydrogen (secondary N) is 1. The van der Waals surface area contributed by atoms with Crippen molar-refractivity contribution in [2.45, 2.75) is 0 Å². The van der Waals surface area contributed by atoms with Crippen molar-refractivity contribution >= 4 is 45.2 Å². The van der Waals surface area contributed by atoms with Gasteiger partial charge in [0, 0.05) is 11.0 Å². The molecule has 0 aliphatic rings. The van der Waals surface area contributed by atoms with Crippen LogP contribution < -0.4 is 10.8 Å². The summed E-state index contributed by atoms with van der Waals surface area (Å²) < 4.78 is 0.781. The van der Waals surface area contributed by atoms with Crippen molar-refractivity contribution in [2.75, 3.05) is 5.32 Å². The van der Waals surface area contributed by atoms with Crippen molar-refractivity contribution < 1.29 is 14.8 Å². The quantitative estimate of drug-likeness (QED) is 0.635. The number of thiazole rings is 1. The number of para-hydroxylation sites is 1. The molecule has 2 aromatic carbocycles. The minimum Gasteiger partial charge on any atom is -0.423 e. The third kappa shape index (κ3) is 2.80. The zero-order valence-electron chi connectivity index (χ0n) is 10.9. The predicted octanol–water partition coefficient (Wildman–Crippen LogP) is 1.23. The number of amides is 1. The zero-order chi connectivity index (χ0) is 14.8. The fraction of sp³-hybridized carbons (Fsp3) is 0. The first-order valence-electron chi connectivity index (χ1n) is 6.27. The predicted molar refractivity (Wildman–Crippen MR) is 83.8 cm³/mol. The number of carbonyl (C=O) groups excluding carboxylic acids is 1. The van der Waals surface area contributed by atoms with Crippen LogP contribution in [0.25, 0.3) is 10.2 Å². The lowest BCUT2D eigenvalue weighted by atomic mass is 9.80. The Labute approximate surface area is 125 Å². The molecule has 0 bridgehead atoms. The molecule has 104 valence electrons. The minimum absolute atomic E-state index is 0.249. The van der Waals surface area contributed by atoms with Gasteiger partial charge in [-0.15, -0.1) is 0 Å². The van der Waals surface area contributed by atoms with Crippen molar-refractivity contribution in [1.82, 2.24) is 4.98 Å². The molecule has 3 aromatic rings. The SMILES string of the molecule is O=C(Nc1nc2c(B(O)O)cccc2s1)c1ccccc1. The number of fused-ring (bicyclic) bond motifs is 1. The first kappa shape index (κ1) is 13.8. The molecule has 1 amide bonds. The molecule has 7 heteroatoms. The molecule has 0 saturated carbocycles. The zero-order valence-corrected chi connectivity index (χ0v) is 11.7. The molecule has 21 heavy (non-hydrogen) atoms. The lowest BCUT2D eigenvalue weighted by molar-refractivity contribution is 0.102. The van der Waals surface area contributed by atoms with Gasteiger partial charge in [-0.05, 0) is 18.2 Å². The maximum atomic E-state index is 12.1. The molecular weight excluding hydrogens is 287 g/mol. The Hall–Kier alpha value is -2.22. The molecule has 5 nitrogen and oxygen atoms in total. The van der Waals surface area contributed by atoms with Crippen LogP contribution in [-0.4, -0.2) is 28.1 Å². The van der Waals surface area contributed by atoms with E-state index in [0.29, 0.717) is 21.7 Å². The highest BCUT2D eigenvalue weighted by molar-refractivity contribution is 7.22. The number of anilines is 1. The van der Waals surface area contributed by atoms with Gasteiger partial charge in [0.2, 0.25) is 0 Å². The Balaban J connectivity index is 1.92. The number of hydrogen-bond donors (Lipinski definition) is 3. The second-order valence-electron chi connectivity index (χ2n) is 4.41. The summed E-state index contributed by atoms with van der Waals surface area (Å²) >= 11 is 1.29. The monoisotopic (exact) mass is 298 g/mol. The minimum atomic E-state index is -1.59. The topological polar surface area (TPSA) is 82.5 Å². The van der Waals surface area contributed by atoms with Gasteiger partial charge >= 0.3 is 7.12 Å². The van der Waals surface area contributed by atoms with Crippen LogP contribution in [0.2, 0.25) is 0 Å². The number of hydrogen-bond acceptors (Lipinski definition) is 5. The average molecular weight is 298 g/mol. The molecule has 0 atom stereocenters. The molecule has 0 saturated heterocycles. The van der Waals surface area contributed by atoms with Crippen molar-refractivity contribution in [1.29, 1.82) is 0 Å². The van der Waals surface area contributed by atoms with Crippen LogP contribution in [0.5, 0.6) is 0 Å². The van der Waals surface area contributed by atoms with Crippen LogP contribution in [0.3, 0.4) is 0 Å². The summed E-state index contributed by atoms with van der Waals surface area (Å²) in [6.07, 6.45) is 0. The summed E-state index contributed by atoms with van der Waals surface area (Å²) in [4.78, 5) is 16.3. The van der Waals surface area contributed by atoms with Gasteiger partial charge < -0.3 is 10.0 Å². The van der Waals surface area contributed by atoms with E-state index in [1.165, 1.54) is 11.3 Å². The number of aromatic nitrogens is 1. The Kier molecular flexibility index (Phi) is 3.70. The fourth-order valence-corrected chi connectivity index (χ4v) is 2.89. The highest BCUT2D eigenvalue weighted by Crippen LogP contribution is 2.25. The summed E-state index contributed by atoms with van der Waals surface area (Å²) in [5, 5.41) is 21.8. The molecule has 3 N–H and O–H groups in total. The largest absolute Gasteiger partial charge is 0.490 e. The fourth-order valence-electron chi connectivity index (χ4n) is 1.99. The maximum absolute atomic E-state index is 12.1. The van der Waals surface area contributed by atoms with Crippen LogP contribution in [0, 0.1) is 0 Å². The third-order valence-electron chi connectivity index (χ3n) is 2.98. The summed E-state index contributed by atoms with van der Waals surface area (Å²) in [5.74, 6) is -0.249. The summed E-state index contributed by atoms with van der Waals surface area (Å²) in [6.45, 7) is 0. The van der Waals surface area contributed by atoms with E-state index in [1.807, 2.05) is 12.1 Å². The van der Waals surface area contributed by atoms with Gasteiger partial charge in [-0.3, -0.25) is 10.1 Å². The third-order valence-corrected chi connectivity index (χ3v) is 3.92. The summed E-state index contributed by atoms with van der Waals surface area (Å²) in [7, 11) is -1.59. The molecule has 0 radical (unpaired) electrons. The Bertz CT molecular complexity index is 789. The molecule has 1 aromatic heterocycles. The van der Waals surface area contributed by atoms with Gasteiger partial charge in [-0.1, -0.05) is 41.7 Å². The molecule has 0 aliphatic carbocycles. The summed E-state index contributed by atoms with van der Waals surface area (Å²) in [6, 6.07) is 14.0. The van der Waals surface area contributed by atoms with E-state index < -0.39 is 7.12 Å². The molecular formula is C14H11BN2O3S. The molecule has 0 aliphatic heterocycles. The molecule has 3 rings (SSSR count). The van der Waals surface area contributed by atoms with E-state index in [9.17, 15) is 14.8 Å². The van der Waals surface area contributed by atoms with Crippen LogP contribution in [0.4, 0.5) is 5.13 Å². The standard InChI is InChI=1S/C14H11BN2O3S/c18-13(9-5-2-1-3-6-9)17-14-16-12-10(15(19)20)7-4-8-11(12)21-14/h1-8,19-20H,(H,16,17,18). The Morgan fingerprint density at radius 2 is 1.86 bits per heavy atom.